The third-order valence-corrected chi connectivity index (χ3v) is 2.29. The number of hydrogen-bond acceptors (Lipinski definition) is 2. The zero-order valence-electron chi connectivity index (χ0n) is 8.49. The van der Waals surface area contributed by atoms with Gasteiger partial charge in [0.15, 0.2) is 0 Å². The molecule has 1 fully saturated rings. The van der Waals surface area contributed by atoms with Gasteiger partial charge in [0, 0.05) is 6.04 Å². The van der Waals surface area contributed by atoms with Gasteiger partial charge in [0.05, 0.1) is 6.61 Å². The SMILES string of the molecule is Cc1cccc(C2NC(C)CO2)c1.Cl. The largest absolute Gasteiger partial charge is 0.357 e. The minimum absolute atomic E-state index is 0. The topological polar surface area (TPSA) is 21.3 Å². The fourth-order valence-electron chi connectivity index (χ4n) is 1.62. The van der Waals surface area contributed by atoms with Crippen molar-refractivity contribution in [2.45, 2.75) is 26.1 Å². The van der Waals surface area contributed by atoms with Crippen LogP contribution < -0.4 is 5.32 Å². The first kappa shape index (κ1) is 11.5. The van der Waals surface area contributed by atoms with Gasteiger partial charge in [-0.2, -0.15) is 0 Å². The van der Waals surface area contributed by atoms with Crippen molar-refractivity contribution in [2.24, 2.45) is 0 Å². The molecule has 2 unspecified atom stereocenters. The first-order valence-corrected chi connectivity index (χ1v) is 4.70. The zero-order chi connectivity index (χ0) is 9.26. The molecule has 1 N–H and O–H groups in total. The normalized spacial score (nSPS) is 25.9. The van der Waals surface area contributed by atoms with Gasteiger partial charge >= 0.3 is 0 Å². The van der Waals surface area contributed by atoms with Crippen molar-refractivity contribution < 1.29 is 4.74 Å². The van der Waals surface area contributed by atoms with E-state index in [0.29, 0.717) is 6.04 Å². The number of rotatable bonds is 1. The summed E-state index contributed by atoms with van der Waals surface area (Å²) in [6.45, 7) is 5.04. The predicted octanol–water partition coefficient (Wildman–Crippen LogP) is 2.42. The van der Waals surface area contributed by atoms with Crippen molar-refractivity contribution in [1.82, 2.24) is 5.32 Å². The Bertz CT molecular complexity index is 303. The number of nitrogens with one attached hydrogen (secondary N) is 1. The van der Waals surface area contributed by atoms with Crippen LogP contribution in [0.25, 0.3) is 0 Å². The molecular formula is C11H16ClNO. The van der Waals surface area contributed by atoms with Crippen LogP contribution in [0, 0.1) is 6.92 Å². The predicted molar refractivity (Wildman–Crippen MR) is 59.7 cm³/mol. The molecular weight excluding hydrogens is 198 g/mol. The Labute approximate surface area is 91.1 Å². The quantitative estimate of drug-likeness (QED) is 0.774. The molecule has 0 aromatic heterocycles. The monoisotopic (exact) mass is 213 g/mol. The summed E-state index contributed by atoms with van der Waals surface area (Å²) >= 11 is 0. The molecule has 1 aromatic carbocycles. The van der Waals surface area contributed by atoms with Crippen molar-refractivity contribution in [3.05, 3.63) is 35.4 Å². The van der Waals surface area contributed by atoms with Gasteiger partial charge in [-0.1, -0.05) is 29.8 Å². The lowest BCUT2D eigenvalue weighted by Crippen LogP contribution is -2.22. The van der Waals surface area contributed by atoms with E-state index in [0.717, 1.165) is 6.61 Å². The summed E-state index contributed by atoms with van der Waals surface area (Å²) in [6.07, 6.45) is 0.0925. The molecule has 0 aliphatic carbocycles. The molecule has 0 saturated carbocycles. The van der Waals surface area contributed by atoms with Crippen LogP contribution in [0.4, 0.5) is 0 Å². The molecule has 1 saturated heterocycles. The van der Waals surface area contributed by atoms with Crippen molar-refractivity contribution >= 4 is 12.4 Å². The highest BCUT2D eigenvalue weighted by Gasteiger charge is 2.21. The van der Waals surface area contributed by atoms with Crippen LogP contribution >= 0.6 is 12.4 Å². The Hall–Kier alpha value is -0.570. The lowest BCUT2D eigenvalue weighted by Gasteiger charge is -2.11. The van der Waals surface area contributed by atoms with Crippen LogP contribution in [0.3, 0.4) is 0 Å². The maximum absolute atomic E-state index is 5.60. The minimum Gasteiger partial charge on any atom is -0.357 e. The van der Waals surface area contributed by atoms with E-state index in [1.54, 1.807) is 0 Å². The molecule has 2 atom stereocenters. The average Bonchev–Trinajstić information content (AvgIpc) is 2.52. The molecule has 3 heteroatoms. The minimum atomic E-state index is 0. The van der Waals surface area contributed by atoms with Gasteiger partial charge in [-0.15, -0.1) is 12.4 Å². The number of hydrogen-bond donors (Lipinski definition) is 1. The third-order valence-electron chi connectivity index (χ3n) is 2.29. The highest BCUT2D eigenvalue weighted by Crippen LogP contribution is 2.20. The molecule has 1 aromatic rings. The summed E-state index contributed by atoms with van der Waals surface area (Å²) in [5.41, 5.74) is 2.51. The smallest absolute Gasteiger partial charge is 0.134 e. The van der Waals surface area contributed by atoms with Crippen LogP contribution in [0.1, 0.15) is 24.3 Å². The summed E-state index contributed by atoms with van der Waals surface area (Å²) in [4.78, 5) is 0. The summed E-state index contributed by atoms with van der Waals surface area (Å²) in [5.74, 6) is 0. The first-order chi connectivity index (χ1) is 6.25. The number of aryl methyl sites for hydroxylation is 1. The second kappa shape index (κ2) is 4.78. The van der Waals surface area contributed by atoms with Gasteiger partial charge in [-0.05, 0) is 19.4 Å². The van der Waals surface area contributed by atoms with Crippen LogP contribution in [-0.2, 0) is 4.74 Å². The van der Waals surface area contributed by atoms with Crippen molar-refractivity contribution in [2.75, 3.05) is 6.61 Å². The van der Waals surface area contributed by atoms with Gasteiger partial charge in [0.1, 0.15) is 6.23 Å². The van der Waals surface area contributed by atoms with Gasteiger partial charge < -0.3 is 4.74 Å². The third kappa shape index (κ3) is 2.47. The highest BCUT2D eigenvalue weighted by molar-refractivity contribution is 5.85. The van der Waals surface area contributed by atoms with E-state index in [1.165, 1.54) is 11.1 Å². The van der Waals surface area contributed by atoms with Crippen LogP contribution in [0.15, 0.2) is 24.3 Å². The Morgan fingerprint density at radius 2 is 2.21 bits per heavy atom. The maximum Gasteiger partial charge on any atom is 0.134 e. The number of ether oxygens (including phenoxy) is 1. The Balaban J connectivity index is 0.000000980. The molecule has 0 amide bonds. The van der Waals surface area contributed by atoms with E-state index >= 15 is 0 Å². The molecule has 14 heavy (non-hydrogen) atoms. The maximum atomic E-state index is 5.60. The Morgan fingerprint density at radius 1 is 1.43 bits per heavy atom. The van der Waals surface area contributed by atoms with Crippen LogP contribution in [-0.4, -0.2) is 12.6 Å². The molecule has 1 aliphatic heterocycles. The van der Waals surface area contributed by atoms with E-state index in [1.807, 2.05) is 0 Å². The highest BCUT2D eigenvalue weighted by atomic mass is 35.5. The van der Waals surface area contributed by atoms with Crippen LogP contribution in [0.5, 0.6) is 0 Å². The molecule has 78 valence electrons. The fourth-order valence-corrected chi connectivity index (χ4v) is 1.62. The van der Waals surface area contributed by atoms with E-state index < -0.39 is 0 Å². The molecule has 1 heterocycles. The van der Waals surface area contributed by atoms with Crippen molar-refractivity contribution in [3.63, 3.8) is 0 Å². The van der Waals surface area contributed by atoms with Crippen molar-refractivity contribution in [3.8, 4) is 0 Å². The van der Waals surface area contributed by atoms with E-state index in [4.69, 9.17) is 4.74 Å². The summed E-state index contributed by atoms with van der Waals surface area (Å²) < 4.78 is 5.60. The standard InChI is InChI=1S/C11H15NO.ClH/c1-8-4-3-5-10(6-8)11-12-9(2)7-13-11;/h3-6,9,11-12H,7H2,1-2H3;1H. The summed E-state index contributed by atoms with van der Waals surface area (Å²) in [5, 5.41) is 3.38. The van der Waals surface area contributed by atoms with Gasteiger partial charge in [-0.25, -0.2) is 0 Å². The molecule has 1 aliphatic rings. The molecule has 2 nitrogen and oxygen atoms in total. The summed E-state index contributed by atoms with van der Waals surface area (Å²) in [7, 11) is 0. The van der Waals surface area contributed by atoms with E-state index in [9.17, 15) is 0 Å². The lowest BCUT2D eigenvalue weighted by molar-refractivity contribution is 0.101. The summed E-state index contributed by atoms with van der Waals surface area (Å²) in [6, 6.07) is 8.89. The zero-order valence-corrected chi connectivity index (χ0v) is 9.30. The molecule has 2 rings (SSSR count). The Kier molecular flexibility index (Phi) is 3.93. The lowest BCUT2D eigenvalue weighted by atomic mass is 10.1. The second-order valence-electron chi connectivity index (χ2n) is 3.70. The molecule has 0 spiro atoms. The van der Waals surface area contributed by atoms with E-state index in [-0.39, 0.29) is 18.6 Å². The van der Waals surface area contributed by atoms with E-state index in [2.05, 4.69) is 43.4 Å². The fraction of sp³-hybridized carbons (Fsp3) is 0.455. The molecule has 0 radical (unpaired) electrons. The van der Waals surface area contributed by atoms with Crippen LogP contribution in [0.2, 0.25) is 0 Å². The first-order valence-electron chi connectivity index (χ1n) is 4.70. The number of benzene rings is 1. The average molecular weight is 214 g/mol. The Morgan fingerprint density at radius 3 is 2.79 bits per heavy atom. The van der Waals surface area contributed by atoms with Gasteiger partial charge in [0.2, 0.25) is 0 Å². The van der Waals surface area contributed by atoms with Gasteiger partial charge in [0.25, 0.3) is 0 Å². The van der Waals surface area contributed by atoms with Crippen molar-refractivity contribution in [1.29, 1.82) is 0 Å². The molecule has 0 bridgehead atoms. The number of halogens is 1. The second-order valence-corrected chi connectivity index (χ2v) is 3.70. The van der Waals surface area contributed by atoms with Gasteiger partial charge in [-0.3, -0.25) is 5.32 Å².